The third kappa shape index (κ3) is 3.34. The molecule has 1 aliphatic heterocycles. The first-order valence-corrected chi connectivity index (χ1v) is 8.28. The lowest BCUT2D eigenvalue weighted by atomic mass is 10.0. The predicted octanol–water partition coefficient (Wildman–Crippen LogP) is 3.58. The van der Waals surface area contributed by atoms with Crippen LogP contribution in [0.3, 0.4) is 0 Å². The van der Waals surface area contributed by atoms with Gasteiger partial charge in [0, 0.05) is 30.3 Å². The lowest BCUT2D eigenvalue weighted by Crippen LogP contribution is -2.34. The summed E-state index contributed by atoms with van der Waals surface area (Å²) in [7, 11) is 4.09. The highest BCUT2D eigenvalue weighted by atomic mass is 19.1. The molecule has 1 saturated heterocycles. The SMILES string of the molecule is Cc1ccc(F)c(-c2ccc(C(=O)N3CC[C@H](N(C)C)C3)cc2)c1. The number of hydrogen-bond acceptors (Lipinski definition) is 2. The second kappa shape index (κ2) is 6.73. The maximum absolute atomic E-state index is 14.0. The number of hydrogen-bond donors (Lipinski definition) is 0. The number of halogens is 1. The molecule has 0 radical (unpaired) electrons. The molecule has 24 heavy (non-hydrogen) atoms. The fourth-order valence-electron chi connectivity index (χ4n) is 3.18. The van der Waals surface area contributed by atoms with Crippen LogP contribution in [0.1, 0.15) is 22.3 Å². The lowest BCUT2D eigenvalue weighted by molar-refractivity contribution is 0.0783. The average Bonchev–Trinajstić information content (AvgIpc) is 3.07. The predicted molar refractivity (Wildman–Crippen MR) is 94.6 cm³/mol. The van der Waals surface area contributed by atoms with Gasteiger partial charge in [0.2, 0.25) is 0 Å². The van der Waals surface area contributed by atoms with Crippen molar-refractivity contribution in [2.45, 2.75) is 19.4 Å². The fourth-order valence-corrected chi connectivity index (χ4v) is 3.18. The van der Waals surface area contributed by atoms with Crippen molar-refractivity contribution in [3.8, 4) is 11.1 Å². The Morgan fingerprint density at radius 2 is 1.88 bits per heavy atom. The van der Waals surface area contributed by atoms with Crippen LogP contribution >= 0.6 is 0 Å². The molecular formula is C20H23FN2O. The second-order valence-electron chi connectivity index (χ2n) is 6.72. The Hall–Kier alpha value is -2.20. The summed E-state index contributed by atoms with van der Waals surface area (Å²) >= 11 is 0. The third-order valence-corrected chi connectivity index (χ3v) is 4.75. The van der Waals surface area contributed by atoms with Crippen LogP contribution in [0.25, 0.3) is 11.1 Å². The van der Waals surface area contributed by atoms with Crippen LogP contribution in [0.5, 0.6) is 0 Å². The summed E-state index contributed by atoms with van der Waals surface area (Å²) < 4.78 is 14.0. The molecule has 1 amide bonds. The van der Waals surface area contributed by atoms with E-state index in [2.05, 4.69) is 4.90 Å². The maximum Gasteiger partial charge on any atom is 0.253 e. The van der Waals surface area contributed by atoms with Gasteiger partial charge in [-0.3, -0.25) is 4.79 Å². The Balaban J connectivity index is 1.77. The first-order chi connectivity index (χ1) is 11.5. The van der Waals surface area contributed by atoms with Crippen LogP contribution in [0, 0.1) is 12.7 Å². The molecule has 126 valence electrons. The van der Waals surface area contributed by atoms with E-state index < -0.39 is 0 Å². The Morgan fingerprint density at radius 3 is 2.50 bits per heavy atom. The molecular weight excluding hydrogens is 303 g/mol. The van der Waals surface area contributed by atoms with E-state index in [0.717, 1.165) is 30.6 Å². The van der Waals surface area contributed by atoms with Gasteiger partial charge in [-0.15, -0.1) is 0 Å². The summed E-state index contributed by atoms with van der Waals surface area (Å²) in [6.07, 6.45) is 1.01. The molecule has 0 spiro atoms. The number of likely N-dealkylation sites (N-methyl/N-ethyl adjacent to an activating group) is 1. The van der Waals surface area contributed by atoms with E-state index in [1.54, 1.807) is 18.2 Å². The van der Waals surface area contributed by atoms with Crippen LogP contribution in [0.2, 0.25) is 0 Å². The molecule has 2 aromatic carbocycles. The summed E-state index contributed by atoms with van der Waals surface area (Å²) in [5, 5.41) is 0. The molecule has 0 aliphatic carbocycles. The molecule has 3 rings (SSSR count). The molecule has 0 unspecified atom stereocenters. The van der Waals surface area contributed by atoms with Gasteiger partial charge in [0.15, 0.2) is 0 Å². The number of rotatable bonds is 3. The van der Waals surface area contributed by atoms with Gasteiger partial charge in [0.1, 0.15) is 5.82 Å². The molecule has 4 heteroatoms. The minimum atomic E-state index is -0.243. The van der Waals surface area contributed by atoms with Gasteiger partial charge < -0.3 is 9.80 Å². The van der Waals surface area contributed by atoms with Crippen LogP contribution in [-0.4, -0.2) is 48.9 Å². The minimum absolute atomic E-state index is 0.0515. The van der Waals surface area contributed by atoms with Crippen molar-refractivity contribution in [1.82, 2.24) is 9.80 Å². The highest BCUT2D eigenvalue weighted by molar-refractivity contribution is 5.95. The van der Waals surface area contributed by atoms with Crippen molar-refractivity contribution < 1.29 is 9.18 Å². The van der Waals surface area contributed by atoms with Gasteiger partial charge in [-0.05, 0) is 57.3 Å². The summed E-state index contributed by atoms with van der Waals surface area (Å²) in [6.45, 7) is 3.49. The van der Waals surface area contributed by atoms with Crippen molar-refractivity contribution in [2.75, 3.05) is 27.2 Å². The summed E-state index contributed by atoms with van der Waals surface area (Å²) in [5.74, 6) is -0.191. The first-order valence-electron chi connectivity index (χ1n) is 8.28. The molecule has 1 atom stereocenters. The van der Waals surface area contributed by atoms with Crippen LogP contribution in [0.15, 0.2) is 42.5 Å². The second-order valence-corrected chi connectivity index (χ2v) is 6.72. The molecule has 3 nitrogen and oxygen atoms in total. The van der Waals surface area contributed by atoms with Crippen LogP contribution in [-0.2, 0) is 0 Å². The van der Waals surface area contributed by atoms with Crippen molar-refractivity contribution in [1.29, 1.82) is 0 Å². The number of likely N-dealkylation sites (tertiary alicyclic amines) is 1. The smallest absolute Gasteiger partial charge is 0.253 e. The Morgan fingerprint density at radius 1 is 1.17 bits per heavy atom. The number of benzene rings is 2. The van der Waals surface area contributed by atoms with Gasteiger partial charge in [-0.25, -0.2) is 4.39 Å². The van der Waals surface area contributed by atoms with Crippen molar-refractivity contribution >= 4 is 5.91 Å². The minimum Gasteiger partial charge on any atom is -0.337 e. The quantitative estimate of drug-likeness (QED) is 0.861. The highest BCUT2D eigenvalue weighted by Gasteiger charge is 2.27. The number of aryl methyl sites for hydroxylation is 1. The lowest BCUT2D eigenvalue weighted by Gasteiger charge is -2.20. The Kier molecular flexibility index (Phi) is 4.67. The first kappa shape index (κ1) is 16.7. The van der Waals surface area contributed by atoms with E-state index >= 15 is 0 Å². The highest BCUT2D eigenvalue weighted by Crippen LogP contribution is 2.25. The van der Waals surface area contributed by atoms with Gasteiger partial charge in [-0.2, -0.15) is 0 Å². The molecule has 0 saturated carbocycles. The third-order valence-electron chi connectivity index (χ3n) is 4.75. The van der Waals surface area contributed by atoms with Gasteiger partial charge >= 0.3 is 0 Å². The molecule has 0 aromatic heterocycles. The zero-order chi connectivity index (χ0) is 17.3. The molecule has 0 bridgehead atoms. The molecule has 1 heterocycles. The normalized spacial score (nSPS) is 17.5. The zero-order valence-corrected chi connectivity index (χ0v) is 14.4. The van der Waals surface area contributed by atoms with E-state index in [9.17, 15) is 9.18 Å². The maximum atomic E-state index is 14.0. The van der Waals surface area contributed by atoms with E-state index in [0.29, 0.717) is 17.2 Å². The summed E-state index contributed by atoms with van der Waals surface area (Å²) in [6, 6.07) is 12.7. The van der Waals surface area contributed by atoms with E-state index in [4.69, 9.17) is 0 Å². The molecule has 1 aliphatic rings. The van der Waals surface area contributed by atoms with Crippen LogP contribution < -0.4 is 0 Å². The average molecular weight is 326 g/mol. The topological polar surface area (TPSA) is 23.6 Å². The monoisotopic (exact) mass is 326 g/mol. The van der Waals surface area contributed by atoms with E-state index in [1.165, 1.54) is 6.07 Å². The number of nitrogens with zero attached hydrogens (tertiary/aromatic N) is 2. The summed E-state index contributed by atoms with van der Waals surface area (Å²) in [5.41, 5.74) is 3.03. The Labute approximate surface area is 142 Å². The number of carbonyl (C=O) groups is 1. The molecule has 1 fully saturated rings. The van der Waals surface area contributed by atoms with Crippen molar-refractivity contribution in [3.63, 3.8) is 0 Å². The van der Waals surface area contributed by atoms with Gasteiger partial charge in [0.25, 0.3) is 5.91 Å². The zero-order valence-electron chi connectivity index (χ0n) is 14.4. The van der Waals surface area contributed by atoms with Crippen molar-refractivity contribution in [2.24, 2.45) is 0 Å². The number of amides is 1. The summed E-state index contributed by atoms with van der Waals surface area (Å²) in [4.78, 5) is 16.7. The largest absolute Gasteiger partial charge is 0.337 e. The van der Waals surface area contributed by atoms with Gasteiger partial charge in [-0.1, -0.05) is 23.8 Å². The van der Waals surface area contributed by atoms with Crippen LogP contribution in [0.4, 0.5) is 4.39 Å². The van der Waals surface area contributed by atoms with Gasteiger partial charge in [0.05, 0.1) is 0 Å². The standard InChI is InChI=1S/C20H23FN2O/c1-14-4-9-19(21)18(12-14)15-5-7-16(8-6-15)20(24)23-11-10-17(13-23)22(2)3/h4-9,12,17H,10-11,13H2,1-3H3/t17-/m0/s1. The molecule has 2 aromatic rings. The fraction of sp³-hybridized carbons (Fsp3) is 0.350. The Bertz CT molecular complexity index is 740. The molecule has 0 N–H and O–H groups in total. The van der Waals surface area contributed by atoms with Crippen molar-refractivity contribution in [3.05, 3.63) is 59.4 Å². The van der Waals surface area contributed by atoms with E-state index in [1.807, 2.05) is 44.1 Å². The number of carbonyl (C=O) groups excluding carboxylic acids is 1. The van der Waals surface area contributed by atoms with E-state index in [-0.39, 0.29) is 11.7 Å².